The smallest absolute Gasteiger partial charge is 0.167 e. The van der Waals surface area contributed by atoms with Crippen molar-refractivity contribution in [1.29, 1.82) is 0 Å². The van der Waals surface area contributed by atoms with Crippen molar-refractivity contribution in [2.75, 3.05) is 6.61 Å². The molecule has 2 aromatic rings. The number of nitrogens with zero attached hydrogens (tertiary/aromatic N) is 1. The number of ether oxygens (including phenoxy) is 2. The Labute approximate surface area is 129 Å². The van der Waals surface area contributed by atoms with E-state index in [4.69, 9.17) is 9.47 Å². The molecular formula is C16H21NO3S. The number of aromatic nitrogens is 1. The normalized spacial score (nSPS) is 10.9. The zero-order valence-corrected chi connectivity index (χ0v) is 13.4. The summed E-state index contributed by atoms with van der Waals surface area (Å²) in [5.74, 6) is 1.68. The molecule has 0 spiro atoms. The molecule has 1 aromatic heterocycles. The number of thiazole rings is 1. The summed E-state index contributed by atoms with van der Waals surface area (Å²) in [6, 6.07) is 5.53. The van der Waals surface area contributed by atoms with Gasteiger partial charge in [0.25, 0.3) is 0 Å². The molecule has 0 aliphatic heterocycles. The Morgan fingerprint density at radius 2 is 2.10 bits per heavy atom. The second kappa shape index (κ2) is 7.43. The maximum atomic E-state index is 9.44. The van der Waals surface area contributed by atoms with Gasteiger partial charge in [-0.25, -0.2) is 4.98 Å². The average Bonchev–Trinajstić information content (AvgIpc) is 2.95. The van der Waals surface area contributed by atoms with Crippen LogP contribution in [0.5, 0.6) is 11.5 Å². The van der Waals surface area contributed by atoms with E-state index in [-0.39, 0.29) is 6.61 Å². The molecule has 0 unspecified atom stereocenters. The summed E-state index contributed by atoms with van der Waals surface area (Å²) >= 11 is 1.65. The van der Waals surface area contributed by atoms with Crippen LogP contribution in [0.4, 0.5) is 0 Å². The van der Waals surface area contributed by atoms with Gasteiger partial charge in [-0.05, 0) is 13.0 Å². The molecule has 1 heterocycles. The predicted molar refractivity (Wildman–Crippen MR) is 84.1 cm³/mol. The molecule has 2 rings (SSSR count). The first kappa shape index (κ1) is 15.8. The van der Waals surface area contributed by atoms with Gasteiger partial charge in [0.2, 0.25) is 0 Å². The molecule has 0 aliphatic rings. The highest BCUT2D eigenvalue weighted by atomic mass is 32.1. The zero-order chi connectivity index (χ0) is 15.2. The van der Waals surface area contributed by atoms with Crippen LogP contribution in [0, 0.1) is 0 Å². The van der Waals surface area contributed by atoms with Gasteiger partial charge in [-0.3, -0.25) is 0 Å². The maximum Gasteiger partial charge on any atom is 0.167 e. The van der Waals surface area contributed by atoms with E-state index in [2.05, 4.69) is 18.8 Å². The van der Waals surface area contributed by atoms with Crippen LogP contribution in [0.15, 0.2) is 23.6 Å². The van der Waals surface area contributed by atoms with Crippen LogP contribution in [-0.2, 0) is 13.2 Å². The Morgan fingerprint density at radius 3 is 2.71 bits per heavy atom. The first-order valence-electron chi connectivity index (χ1n) is 7.08. The van der Waals surface area contributed by atoms with E-state index in [9.17, 15) is 5.11 Å². The lowest BCUT2D eigenvalue weighted by molar-refractivity contribution is 0.242. The van der Waals surface area contributed by atoms with E-state index in [1.807, 2.05) is 30.5 Å². The third-order valence-corrected chi connectivity index (χ3v) is 4.15. The van der Waals surface area contributed by atoms with Crippen molar-refractivity contribution in [3.05, 3.63) is 39.8 Å². The van der Waals surface area contributed by atoms with Crippen LogP contribution in [-0.4, -0.2) is 16.7 Å². The molecule has 0 aliphatic carbocycles. The lowest BCUT2D eigenvalue weighted by atomic mass is 10.2. The minimum atomic E-state index is -0.0788. The lowest BCUT2D eigenvalue weighted by Crippen LogP contribution is -2.03. The lowest BCUT2D eigenvalue weighted by Gasteiger charge is -2.14. The van der Waals surface area contributed by atoms with E-state index in [0.717, 1.165) is 16.3 Å². The molecule has 0 fully saturated rings. The molecule has 0 bridgehead atoms. The number of hydrogen-bond donors (Lipinski definition) is 1. The molecule has 0 amide bonds. The topological polar surface area (TPSA) is 51.6 Å². The summed E-state index contributed by atoms with van der Waals surface area (Å²) in [6.45, 7) is 7.02. The van der Waals surface area contributed by atoms with Gasteiger partial charge < -0.3 is 14.6 Å². The second-order valence-electron chi connectivity index (χ2n) is 4.96. The maximum absolute atomic E-state index is 9.44. The molecule has 1 aromatic carbocycles. The zero-order valence-electron chi connectivity index (χ0n) is 12.6. The Balaban J connectivity index is 2.14. The molecule has 5 heteroatoms. The van der Waals surface area contributed by atoms with Crippen LogP contribution < -0.4 is 9.47 Å². The molecule has 21 heavy (non-hydrogen) atoms. The fourth-order valence-corrected chi connectivity index (χ4v) is 2.74. The van der Waals surface area contributed by atoms with Crippen molar-refractivity contribution in [3.8, 4) is 11.5 Å². The van der Waals surface area contributed by atoms with Crippen LogP contribution >= 0.6 is 11.3 Å². The molecule has 0 saturated carbocycles. The van der Waals surface area contributed by atoms with Crippen molar-refractivity contribution >= 4 is 11.3 Å². The SMILES string of the molecule is CCOc1cccc(CO)c1OCc1csc(C(C)C)n1. The summed E-state index contributed by atoms with van der Waals surface area (Å²) < 4.78 is 11.4. The van der Waals surface area contributed by atoms with E-state index in [0.29, 0.717) is 30.6 Å². The molecule has 1 N–H and O–H groups in total. The monoisotopic (exact) mass is 307 g/mol. The van der Waals surface area contributed by atoms with Crippen molar-refractivity contribution in [2.45, 2.75) is 39.9 Å². The molecule has 0 radical (unpaired) electrons. The van der Waals surface area contributed by atoms with E-state index >= 15 is 0 Å². The van der Waals surface area contributed by atoms with Crippen LogP contribution in [0.1, 0.15) is 43.0 Å². The molecular weight excluding hydrogens is 286 g/mol. The summed E-state index contributed by atoms with van der Waals surface area (Å²) in [7, 11) is 0. The van der Waals surface area contributed by atoms with Gasteiger partial charge in [0.05, 0.1) is 23.9 Å². The number of para-hydroxylation sites is 1. The molecule has 0 saturated heterocycles. The Hall–Kier alpha value is -1.59. The van der Waals surface area contributed by atoms with Gasteiger partial charge in [-0.15, -0.1) is 11.3 Å². The quantitative estimate of drug-likeness (QED) is 0.846. The fourth-order valence-electron chi connectivity index (χ4n) is 1.92. The van der Waals surface area contributed by atoms with E-state index < -0.39 is 0 Å². The summed E-state index contributed by atoms with van der Waals surface area (Å²) in [5, 5.41) is 12.6. The van der Waals surface area contributed by atoms with Crippen molar-refractivity contribution in [3.63, 3.8) is 0 Å². The third-order valence-electron chi connectivity index (χ3n) is 2.96. The summed E-state index contributed by atoms with van der Waals surface area (Å²) in [5.41, 5.74) is 1.62. The Morgan fingerprint density at radius 1 is 1.29 bits per heavy atom. The van der Waals surface area contributed by atoms with Gasteiger partial charge in [-0.2, -0.15) is 0 Å². The summed E-state index contributed by atoms with van der Waals surface area (Å²) in [4.78, 5) is 4.55. The minimum Gasteiger partial charge on any atom is -0.490 e. The van der Waals surface area contributed by atoms with Gasteiger partial charge in [0.15, 0.2) is 11.5 Å². The fraction of sp³-hybridized carbons (Fsp3) is 0.438. The second-order valence-corrected chi connectivity index (χ2v) is 5.85. The number of aliphatic hydroxyl groups excluding tert-OH is 1. The highest BCUT2D eigenvalue weighted by molar-refractivity contribution is 7.09. The molecule has 114 valence electrons. The highest BCUT2D eigenvalue weighted by Gasteiger charge is 2.12. The average molecular weight is 307 g/mol. The molecule has 4 nitrogen and oxygen atoms in total. The van der Waals surface area contributed by atoms with Gasteiger partial charge in [0, 0.05) is 16.9 Å². The molecule has 0 atom stereocenters. The minimum absolute atomic E-state index is 0.0788. The number of aliphatic hydroxyl groups is 1. The van der Waals surface area contributed by atoms with Crippen LogP contribution in [0.3, 0.4) is 0 Å². The first-order chi connectivity index (χ1) is 10.2. The van der Waals surface area contributed by atoms with E-state index in [1.54, 1.807) is 11.3 Å². The van der Waals surface area contributed by atoms with Crippen molar-refractivity contribution in [1.82, 2.24) is 4.98 Å². The van der Waals surface area contributed by atoms with E-state index in [1.165, 1.54) is 0 Å². The van der Waals surface area contributed by atoms with Gasteiger partial charge in [-0.1, -0.05) is 26.0 Å². The summed E-state index contributed by atoms with van der Waals surface area (Å²) in [6.07, 6.45) is 0. The van der Waals surface area contributed by atoms with Crippen molar-refractivity contribution in [2.24, 2.45) is 0 Å². The highest BCUT2D eigenvalue weighted by Crippen LogP contribution is 2.32. The Kier molecular flexibility index (Phi) is 5.59. The van der Waals surface area contributed by atoms with Gasteiger partial charge in [0.1, 0.15) is 6.61 Å². The Bertz CT molecular complexity index is 581. The van der Waals surface area contributed by atoms with Gasteiger partial charge >= 0.3 is 0 Å². The predicted octanol–water partition coefficient (Wildman–Crippen LogP) is 3.74. The number of benzene rings is 1. The number of hydrogen-bond acceptors (Lipinski definition) is 5. The first-order valence-corrected chi connectivity index (χ1v) is 7.96. The van der Waals surface area contributed by atoms with Crippen LogP contribution in [0.2, 0.25) is 0 Å². The van der Waals surface area contributed by atoms with Crippen LogP contribution in [0.25, 0.3) is 0 Å². The standard InChI is InChI=1S/C16H21NO3S/c1-4-19-14-7-5-6-12(8-18)15(14)20-9-13-10-21-16(17-13)11(2)3/h5-7,10-11,18H,4,8-9H2,1-3H3. The third kappa shape index (κ3) is 3.95. The largest absolute Gasteiger partial charge is 0.490 e. The number of rotatable bonds is 7. The van der Waals surface area contributed by atoms with Crippen molar-refractivity contribution < 1.29 is 14.6 Å².